The molecule has 0 bridgehead atoms. The van der Waals surface area contributed by atoms with Crippen LogP contribution in [0.2, 0.25) is 0 Å². The standard InChI is InChI=1S/C21H25N3/c1-23(16-19-7-5-18(15-22)6-8-19)17-20-9-11-21(12-10-20)24-13-3-2-4-14-24/h5-12H,2-4,13-14,16-17H2,1H3. The van der Waals surface area contributed by atoms with Gasteiger partial charge in [-0.3, -0.25) is 4.90 Å². The number of rotatable bonds is 5. The minimum atomic E-state index is 0.717. The Morgan fingerprint density at radius 1 is 0.875 bits per heavy atom. The molecule has 0 radical (unpaired) electrons. The summed E-state index contributed by atoms with van der Waals surface area (Å²) in [4.78, 5) is 4.80. The van der Waals surface area contributed by atoms with Crippen molar-refractivity contribution in [2.45, 2.75) is 32.4 Å². The number of anilines is 1. The first-order valence-electron chi connectivity index (χ1n) is 8.76. The minimum Gasteiger partial charge on any atom is -0.372 e. The van der Waals surface area contributed by atoms with Crippen LogP contribution in [-0.4, -0.2) is 25.0 Å². The van der Waals surface area contributed by atoms with Gasteiger partial charge in [-0.2, -0.15) is 5.26 Å². The molecule has 1 heterocycles. The topological polar surface area (TPSA) is 30.3 Å². The Morgan fingerprint density at radius 3 is 1.96 bits per heavy atom. The second-order valence-corrected chi connectivity index (χ2v) is 6.70. The maximum absolute atomic E-state index is 8.86. The van der Waals surface area contributed by atoms with Crippen molar-refractivity contribution in [3.8, 4) is 6.07 Å². The summed E-state index contributed by atoms with van der Waals surface area (Å²) in [7, 11) is 2.14. The zero-order chi connectivity index (χ0) is 16.8. The van der Waals surface area contributed by atoms with E-state index in [9.17, 15) is 0 Å². The van der Waals surface area contributed by atoms with Gasteiger partial charge in [0, 0.05) is 31.9 Å². The van der Waals surface area contributed by atoms with Crippen LogP contribution in [0, 0.1) is 11.3 Å². The van der Waals surface area contributed by atoms with Crippen LogP contribution in [0.5, 0.6) is 0 Å². The molecule has 3 nitrogen and oxygen atoms in total. The number of benzene rings is 2. The first-order chi connectivity index (χ1) is 11.7. The number of nitriles is 1. The summed E-state index contributed by atoms with van der Waals surface area (Å²) in [6, 6.07) is 19.0. The molecule has 1 aliphatic rings. The molecule has 0 atom stereocenters. The normalized spacial score (nSPS) is 14.6. The van der Waals surface area contributed by atoms with Gasteiger partial charge < -0.3 is 4.90 Å². The van der Waals surface area contributed by atoms with Crippen molar-refractivity contribution in [2.75, 3.05) is 25.0 Å². The third kappa shape index (κ3) is 4.37. The third-order valence-electron chi connectivity index (χ3n) is 4.65. The number of piperidine rings is 1. The Balaban J connectivity index is 1.55. The average Bonchev–Trinajstić information content (AvgIpc) is 2.64. The van der Waals surface area contributed by atoms with Crippen LogP contribution in [-0.2, 0) is 13.1 Å². The molecule has 0 N–H and O–H groups in total. The SMILES string of the molecule is CN(Cc1ccc(C#N)cc1)Cc1ccc(N2CCCCC2)cc1. The molecule has 2 aromatic rings. The van der Waals surface area contributed by atoms with E-state index in [4.69, 9.17) is 5.26 Å². The fourth-order valence-corrected chi connectivity index (χ4v) is 3.33. The van der Waals surface area contributed by atoms with Crippen LogP contribution in [0.4, 0.5) is 5.69 Å². The first-order valence-corrected chi connectivity index (χ1v) is 8.76. The Labute approximate surface area is 145 Å². The summed E-state index contributed by atoms with van der Waals surface area (Å²) in [6.45, 7) is 4.20. The van der Waals surface area contributed by atoms with Gasteiger partial charge in [0.05, 0.1) is 11.6 Å². The smallest absolute Gasteiger partial charge is 0.0991 e. The molecule has 3 rings (SSSR count). The lowest BCUT2D eigenvalue weighted by Gasteiger charge is -2.29. The fraction of sp³-hybridized carbons (Fsp3) is 0.381. The Bertz CT molecular complexity index is 677. The van der Waals surface area contributed by atoms with Crippen molar-refractivity contribution < 1.29 is 0 Å². The molecular formula is C21H25N3. The van der Waals surface area contributed by atoms with E-state index in [1.165, 1.54) is 49.2 Å². The van der Waals surface area contributed by atoms with E-state index in [2.05, 4.69) is 47.2 Å². The van der Waals surface area contributed by atoms with E-state index in [0.29, 0.717) is 0 Å². The molecule has 124 valence electrons. The van der Waals surface area contributed by atoms with Crippen LogP contribution in [0.15, 0.2) is 48.5 Å². The molecule has 0 saturated carbocycles. The minimum absolute atomic E-state index is 0.717. The fourth-order valence-electron chi connectivity index (χ4n) is 3.33. The van der Waals surface area contributed by atoms with Gasteiger partial charge in [0.1, 0.15) is 0 Å². The predicted octanol–water partition coefficient (Wildman–Crippen LogP) is 4.18. The predicted molar refractivity (Wildman–Crippen MR) is 98.8 cm³/mol. The van der Waals surface area contributed by atoms with Crippen LogP contribution in [0.3, 0.4) is 0 Å². The van der Waals surface area contributed by atoms with Crippen molar-refractivity contribution in [3.05, 3.63) is 65.2 Å². The van der Waals surface area contributed by atoms with E-state index in [0.717, 1.165) is 18.7 Å². The molecule has 0 unspecified atom stereocenters. The summed E-state index contributed by atoms with van der Waals surface area (Å²) in [5.74, 6) is 0. The van der Waals surface area contributed by atoms with Gasteiger partial charge >= 0.3 is 0 Å². The molecule has 24 heavy (non-hydrogen) atoms. The molecule has 0 aliphatic carbocycles. The number of hydrogen-bond donors (Lipinski definition) is 0. The van der Waals surface area contributed by atoms with Gasteiger partial charge in [-0.15, -0.1) is 0 Å². The van der Waals surface area contributed by atoms with Crippen molar-refractivity contribution in [2.24, 2.45) is 0 Å². The van der Waals surface area contributed by atoms with Crippen molar-refractivity contribution in [1.82, 2.24) is 4.90 Å². The summed E-state index contributed by atoms with van der Waals surface area (Å²) in [5, 5.41) is 8.86. The van der Waals surface area contributed by atoms with E-state index >= 15 is 0 Å². The molecule has 3 heteroatoms. The molecule has 1 fully saturated rings. The monoisotopic (exact) mass is 319 g/mol. The highest BCUT2D eigenvalue weighted by atomic mass is 15.1. The van der Waals surface area contributed by atoms with E-state index in [-0.39, 0.29) is 0 Å². The second-order valence-electron chi connectivity index (χ2n) is 6.70. The van der Waals surface area contributed by atoms with E-state index in [1.807, 2.05) is 24.3 Å². The lowest BCUT2D eigenvalue weighted by molar-refractivity contribution is 0.319. The van der Waals surface area contributed by atoms with Gasteiger partial charge in [0.25, 0.3) is 0 Å². The van der Waals surface area contributed by atoms with E-state index in [1.54, 1.807) is 0 Å². The zero-order valence-corrected chi connectivity index (χ0v) is 14.4. The zero-order valence-electron chi connectivity index (χ0n) is 14.4. The van der Waals surface area contributed by atoms with Gasteiger partial charge in [-0.05, 0) is 61.7 Å². The van der Waals surface area contributed by atoms with E-state index < -0.39 is 0 Å². The van der Waals surface area contributed by atoms with Crippen molar-refractivity contribution in [1.29, 1.82) is 5.26 Å². The van der Waals surface area contributed by atoms with Crippen LogP contribution >= 0.6 is 0 Å². The molecule has 2 aromatic carbocycles. The highest BCUT2D eigenvalue weighted by molar-refractivity contribution is 5.47. The average molecular weight is 319 g/mol. The highest BCUT2D eigenvalue weighted by Gasteiger charge is 2.10. The maximum Gasteiger partial charge on any atom is 0.0991 e. The first kappa shape index (κ1) is 16.5. The molecule has 1 saturated heterocycles. The summed E-state index contributed by atoms with van der Waals surface area (Å²) in [6.07, 6.45) is 4.00. The number of nitrogens with zero attached hydrogens (tertiary/aromatic N) is 3. The van der Waals surface area contributed by atoms with Crippen LogP contribution in [0.25, 0.3) is 0 Å². The summed E-state index contributed by atoms with van der Waals surface area (Å²) >= 11 is 0. The van der Waals surface area contributed by atoms with Crippen molar-refractivity contribution in [3.63, 3.8) is 0 Å². The quantitative estimate of drug-likeness (QED) is 0.828. The summed E-state index contributed by atoms with van der Waals surface area (Å²) in [5.41, 5.74) is 4.65. The molecule has 0 amide bonds. The number of hydrogen-bond acceptors (Lipinski definition) is 3. The molecular weight excluding hydrogens is 294 g/mol. The van der Waals surface area contributed by atoms with Gasteiger partial charge in [0.15, 0.2) is 0 Å². The summed E-state index contributed by atoms with van der Waals surface area (Å²) < 4.78 is 0. The van der Waals surface area contributed by atoms with Crippen LogP contribution in [0.1, 0.15) is 36.0 Å². The van der Waals surface area contributed by atoms with Gasteiger partial charge in [0.2, 0.25) is 0 Å². The van der Waals surface area contributed by atoms with Gasteiger partial charge in [-0.25, -0.2) is 0 Å². The maximum atomic E-state index is 8.86. The Kier molecular flexibility index (Phi) is 5.51. The van der Waals surface area contributed by atoms with Crippen LogP contribution < -0.4 is 4.90 Å². The largest absolute Gasteiger partial charge is 0.372 e. The highest BCUT2D eigenvalue weighted by Crippen LogP contribution is 2.20. The molecule has 1 aliphatic heterocycles. The second kappa shape index (κ2) is 7.99. The van der Waals surface area contributed by atoms with Gasteiger partial charge in [-0.1, -0.05) is 24.3 Å². The lowest BCUT2D eigenvalue weighted by atomic mass is 10.1. The molecule has 0 spiro atoms. The van der Waals surface area contributed by atoms with Crippen molar-refractivity contribution >= 4 is 5.69 Å². The lowest BCUT2D eigenvalue weighted by Crippen LogP contribution is -2.29. The Morgan fingerprint density at radius 2 is 1.42 bits per heavy atom. The third-order valence-corrected chi connectivity index (χ3v) is 4.65. The molecule has 0 aromatic heterocycles. The Hall–Kier alpha value is -2.31.